The molecule has 0 aromatic carbocycles. The fraction of sp³-hybridized carbons (Fsp3) is 0.750. The summed E-state index contributed by atoms with van der Waals surface area (Å²) in [6.45, 7) is 1.27. The van der Waals surface area contributed by atoms with Crippen LogP contribution < -0.4 is 5.32 Å². The Kier molecular flexibility index (Phi) is 5.44. The minimum absolute atomic E-state index is 0.0690. The first kappa shape index (κ1) is 16.9. The first-order chi connectivity index (χ1) is 11.7. The maximum absolute atomic E-state index is 12.3. The van der Waals surface area contributed by atoms with E-state index < -0.39 is 0 Å². The van der Waals surface area contributed by atoms with Gasteiger partial charge >= 0.3 is 0 Å². The van der Waals surface area contributed by atoms with Crippen LogP contribution in [0.1, 0.15) is 43.8 Å². The maximum atomic E-state index is 12.3. The van der Waals surface area contributed by atoms with Gasteiger partial charge in [-0.25, -0.2) is 0 Å². The van der Waals surface area contributed by atoms with Crippen LogP contribution in [0.3, 0.4) is 0 Å². The lowest BCUT2D eigenvalue weighted by atomic mass is 10.1. The van der Waals surface area contributed by atoms with Gasteiger partial charge in [-0.1, -0.05) is 18.0 Å². The van der Waals surface area contributed by atoms with Crippen LogP contribution in [0, 0.1) is 5.92 Å². The third-order valence-corrected chi connectivity index (χ3v) is 4.72. The summed E-state index contributed by atoms with van der Waals surface area (Å²) >= 11 is 0. The third-order valence-electron chi connectivity index (χ3n) is 4.72. The van der Waals surface area contributed by atoms with Crippen molar-refractivity contribution in [2.45, 2.75) is 51.2 Å². The van der Waals surface area contributed by atoms with E-state index in [-0.39, 0.29) is 17.7 Å². The number of carbonyl (C=O) groups excluding carboxylic acids is 2. The standard InChI is InChI=1S/C16H24N4O4/c1-23-10-13-18-14(24-19-13)6-7-17-16(22)11-8-15(21)20(9-11)12-4-2-3-5-12/h11-12H,2-10H2,1H3,(H,17,22). The number of carbonyl (C=O) groups is 2. The average Bonchev–Trinajstić information content (AvgIpc) is 3.28. The van der Waals surface area contributed by atoms with Gasteiger partial charge in [-0.15, -0.1) is 0 Å². The molecule has 1 saturated heterocycles. The van der Waals surface area contributed by atoms with Gasteiger partial charge < -0.3 is 19.5 Å². The molecule has 0 bridgehead atoms. The van der Waals surface area contributed by atoms with Gasteiger partial charge in [0.25, 0.3) is 0 Å². The molecule has 1 N–H and O–H groups in total. The minimum atomic E-state index is -0.246. The normalized spacial score (nSPS) is 21.6. The topological polar surface area (TPSA) is 97.6 Å². The third kappa shape index (κ3) is 3.92. The van der Waals surface area contributed by atoms with Crippen LogP contribution >= 0.6 is 0 Å². The lowest BCUT2D eigenvalue weighted by Gasteiger charge is -2.23. The van der Waals surface area contributed by atoms with Crippen LogP contribution in [0.2, 0.25) is 0 Å². The van der Waals surface area contributed by atoms with Crippen molar-refractivity contribution in [3.63, 3.8) is 0 Å². The summed E-state index contributed by atoms with van der Waals surface area (Å²) in [4.78, 5) is 30.5. The van der Waals surface area contributed by atoms with Crippen molar-refractivity contribution in [3.05, 3.63) is 11.7 Å². The summed E-state index contributed by atoms with van der Waals surface area (Å²) < 4.78 is 9.99. The fourth-order valence-electron chi connectivity index (χ4n) is 3.49. The van der Waals surface area contributed by atoms with Crippen LogP contribution in [0.25, 0.3) is 0 Å². The molecule has 2 heterocycles. The Hall–Kier alpha value is -1.96. The van der Waals surface area contributed by atoms with E-state index in [1.54, 1.807) is 7.11 Å². The van der Waals surface area contributed by atoms with Crippen molar-refractivity contribution in [1.29, 1.82) is 0 Å². The zero-order valence-corrected chi connectivity index (χ0v) is 14.0. The predicted octanol–water partition coefficient (Wildman–Crippen LogP) is 0.666. The summed E-state index contributed by atoms with van der Waals surface area (Å²) in [7, 11) is 1.56. The van der Waals surface area contributed by atoms with E-state index in [1.807, 2.05) is 4.90 Å². The molecule has 1 aliphatic heterocycles. The van der Waals surface area contributed by atoms with E-state index in [0.717, 1.165) is 12.8 Å². The number of methoxy groups -OCH3 is 1. The molecule has 8 nitrogen and oxygen atoms in total. The molecule has 3 rings (SSSR count). The molecule has 2 amide bonds. The van der Waals surface area contributed by atoms with Crippen LogP contribution in [-0.4, -0.2) is 53.1 Å². The SMILES string of the molecule is COCc1noc(CCNC(=O)C2CC(=O)N(C3CCCC3)C2)n1. The molecule has 1 aromatic rings. The summed E-state index contributed by atoms with van der Waals surface area (Å²) in [5.41, 5.74) is 0. The van der Waals surface area contributed by atoms with Crippen molar-refractivity contribution in [2.24, 2.45) is 5.92 Å². The van der Waals surface area contributed by atoms with Gasteiger partial charge in [-0.05, 0) is 12.8 Å². The van der Waals surface area contributed by atoms with Crippen LogP contribution in [0.4, 0.5) is 0 Å². The molecule has 0 spiro atoms. The Morgan fingerprint density at radius 1 is 1.42 bits per heavy atom. The highest BCUT2D eigenvalue weighted by atomic mass is 16.5. The molecule has 1 unspecified atom stereocenters. The smallest absolute Gasteiger partial charge is 0.228 e. The molecule has 2 aliphatic rings. The lowest BCUT2D eigenvalue weighted by molar-refractivity contribution is -0.130. The Morgan fingerprint density at radius 2 is 2.21 bits per heavy atom. The molecule has 0 radical (unpaired) electrons. The highest BCUT2D eigenvalue weighted by Gasteiger charge is 2.38. The van der Waals surface area contributed by atoms with E-state index >= 15 is 0 Å². The number of rotatable bonds is 7. The highest BCUT2D eigenvalue weighted by molar-refractivity contribution is 5.89. The second kappa shape index (κ2) is 7.74. The second-order valence-electron chi connectivity index (χ2n) is 6.46. The van der Waals surface area contributed by atoms with Gasteiger partial charge in [0.2, 0.25) is 17.7 Å². The zero-order valence-electron chi connectivity index (χ0n) is 14.0. The molecule has 1 atom stereocenters. The summed E-state index contributed by atoms with van der Waals surface area (Å²) in [6.07, 6.45) is 5.29. The van der Waals surface area contributed by atoms with Gasteiger partial charge in [-0.3, -0.25) is 9.59 Å². The zero-order chi connectivity index (χ0) is 16.9. The van der Waals surface area contributed by atoms with Crippen molar-refractivity contribution in [3.8, 4) is 0 Å². The number of likely N-dealkylation sites (tertiary alicyclic amines) is 1. The largest absolute Gasteiger partial charge is 0.377 e. The van der Waals surface area contributed by atoms with E-state index in [1.165, 1.54) is 12.8 Å². The Labute approximate surface area is 140 Å². The number of hydrogen-bond donors (Lipinski definition) is 1. The highest BCUT2D eigenvalue weighted by Crippen LogP contribution is 2.29. The van der Waals surface area contributed by atoms with Crippen LogP contribution in [-0.2, 0) is 27.4 Å². The van der Waals surface area contributed by atoms with Gasteiger partial charge in [0.1, 0.15) is 6.61 Å². The molecule has 1 aromatic heterocycles. The van der Waals surface area contributed by atoms with E-state index in [9.17, 15) is 9.59 Å². The number of nitrogens with zero attached hydrogens (tertiary/aromatic N) is 3. The predicted molar refractivity (Wildman–Crippen MR) is 83.8 cm³/mol. The van der Waals surface area contributed by atoms with Gasteiger partial charge in [0.15, 0.2) is 5.82 Å². The van der Waals surface area contributed by atoms with Crippen molar-refractivity contribution >= 4 is 11.8 Å². The molecule has 1 aliphatic carbocycles. The minimum Gasteiger partial charge on any atom is -0.377 e. The van der Waals surface area contributed by atoms with Crippen molar-refractivity contribution in [2.75, 3.05) is 20.2 Å². The Morgan fingerprint density at radius 3 is 2.96 bits per heavy atom. The first-order valence-electron chi connectivity index (χ1n) is 8.55. The molecule has 8 heteroatoms. The van der Waals surface area contributed by atoms with E-state index in [0.29, 0.717) is 50.3 Å². The summed E-state index contributed by atoms with van der Waals surface area (Å²) in [6, 6.07) is 0.341. The molecule has 24 heavy (non-hydrogen) atoms. The van der Waals surface area contributed by atoms with Crippen molar-refractivity contribution in [1.82, 2.24) is 20.4 Å². The lowest BCUT2D eigenvalue weighted by Crippen LogP contribution is -2.37. The maximum Gasteiger partial charge on any atom is 0.228 e. The number of amides is 2. The van der Waals surface area contributed by atoms with E-state index in [4.69, 9.17) is 9.26 Å². The molecular weight excluding hydrogens is 312 g/mol. The summed E-state index contributed by atoms with van der Waals surface area (Å²) in [5, 5.41) is 6.64. The fourth-order valence-corrected chi connectivity index (χ4v) is 3.49. The molecule has 2 fully saturated rings. The van der Waals surface area contributed by atoms with Gasteiger partial charge in [0.05, 0.1) is 5.92 Å². The Bertz CT molecular complexity index is 582. The summed E-state index contributed by atoms with van der Waals surface area (Å²) in [5.74, 6) is 0.762. The van der Waals surface area contributed by atoms with E-state index in [2.05, 4.69) is 15.5 Å². The molecule has 132 valence electrons. The quantitative estimate of drug-likeness (QED) is 0.786. The van der Waals surface area contributed by atoms with Crippen molar-refractivity contribution < 1.29 is 18.8 Å². The number of nitrogens with one attached hydrogen (secondary N) is 1. The van der Waals surface area contributed by atoms with Crippen LogP contribution in [0.5, 0.6) is 0 Å². The monoisotopic (exact) mass is 336 g/mol. The number of hydrogen-bond acceptors (Lipinski definition) is 6. The molecule has 1 saturated carbocycles. The Balaban J connectivity index is 1.42. The average molecular weight is 336 g/mol. The first-order valence-corrected chi connectivity index (χ1v) is 8.55. The molecular formula is C16H24N4O4. The number of ether oxygens (including phenoxy) is 1. The van der Waals surface area contributed by atoms with Gasteiger partial charge in [-0.2, -0.15) is 4.98 Å². The second-order valence-corrected chi connectivity index (χ2v) is 6.46. The van der Waals surface area contributed by atoms with Gasteiger partial charge in [0, 0.05) is 39.1 Å². The van der Waals surface area contributed by atoms with Crippen LogP contribution in [0.15, 0.2) is 4.52 Å². The number of aromatic nitrogens is 2.